The van der Waals surface area contributed by atoms with Crippen LogP contribution in [0.25, 0.3) is 0 Å². The molecule has 0 fully saturated rings. The van der Waals surface area contributed by atoms with Crippen LogP contribution in [0.2, 0.25) is 0 Å². The topological polar surface area (TPSA) is 86.0 Å². The van der Waals surface area contributed by atoms with Crippen molar-refractivity contribution in [3.8, 4) is 5.75 Å². The number of hydrogen-bond acceptors (Lipinski definition) is 6. The highest BCUT2D eigenvalue weighted by Gasteiger charge is 2.12. The van der Waals surface area contributed by atoms with E-state index >= 15 is 0 Å². The zero-order valence-electron chi connectivity index (χ0n) is 15.4. The van der Waals surface area contributed by atoms with Crippen molar-refractivity contribution in [3.05, 3.63) is 65.0 Å². The summed E-state index contributed by atoms with van der Waals surface area (Å²) in [5, 5.41) is 3.24. The number of nitrogen functional groups attached to an aromatic ring is 1. The van der Waals surface area contributed by atoms with Crippen molar-refractivity contribution in [1.29, 1.82) is 0 Å². The Morgan fingerprint density at radius 3 is 2.78 bits per heavy atom. The largest absolute Gasteiger partial charge is 0.486 e. The first-order chi connectivity index (χ1) is 13.2. The van der Waals surface area contributed by atoms with E-state index in [2.05, 4.69) is 45.4 Å². The molecule has 1 heterocycles. The van der Waals surface area contributed by atoms with E-state index in [1.807, 2.05) is 24.3 Å². The standard InChI is InChI=1S/C21H23N5O/c1-2-14-6-3-4-9-18(14)23-21-25-19(24-20(22)26-21)13-27-17-11-10-15-7-5-8-16(15)12-17/h3-4,6,9-12H,2,5,7-8,13H2,1H3,(H3,22,23,24,25,26). The summed E-state index contributed by atoms with van der Waals surface area (Å²) in [4.78, 5) is 12.8. The Kier molecular flexibility index (Phi) is 4.87. The van der Waals surface area contributed by atoms with Crippen LogP contribution in [0.15, 0.2) is 42.5 Å². The average Bonchev–Trinajstić information content (AvgIpc) is 3.14. The number of para-hydroxylation sites is 1. The lowest BCUT2D eigenvalue weighted by molar-refractivity contribution is 0.295. The van der Waals surface area contributed by atoms with Crippen LogP contribution in [-0.2, 0) is 25.9 Å². The minimum Gasteiger partial charge on any atom is -0.486 e. The molecular weight excluding hydrogens is 338 g/mol. The highest BCUT2D eigenvalue weighted by atomic mass is 16.5. The van der Waals surface area contributed by atoms with Gasteiger partial charge in [-0.3, -0.25) is 0 Å². The molecule has 0 amide bonds. The molecule has 138 valence electrons. The highest BCUT2D eigenvalue weighted by Crippen LogP contribution is 2.26. The van der Waals surface area contributed by atoms with Crippen LogP contribution < -0.4 is 15.8 Å². The van der Waals surface area contributed by atoms with Gasteiger partial charge in [0.15, 0.2) is 5.82 Å². The highest BCUT2D eigenvalue weighted by molar-refractivity contribution is 5.58. The maximum Gasteiger partial charge on any atom is 0.232 e. The van der Waals surface area contributed by atoms with E-state index in [9.17, 15) is 0 Å². The molecule has 6 heteroatoms. The fourth-order valence-electron chi connectivity index (χ4n) is 3.42. The van der Waals surface area contributed by atoms with E-state index < -0.39 is 0 Å². The molecule has 0 saturated carbocycles. The van der Waals surface area contributed by atoms with Crippen molar-refractivity contribution in [2.75, 3.05) is 11.1 Å². The number of nitrogens with two attached hydrogens (primary N) is 1. The number of nitrogens with one attached hydrogen (secondary N) is 1. The van der Waals surface area contributed by atoms with Crippen LogP contribution in [0.5, 0.6) is 5.75 Å². The maximum atomic E-state index is 5.89. The third-order valence-electron chi connectivity index (χ3n) is 4.78. The smallest absolute Gasteiger partial charge is 0.232 e. The Hall–Kier alpha value is -3.15. The molecule has 0 spiro atoms. The summed E-state index contributed by atoms with van der Waals surface area (Å²) in [5.41, 5.74) is 10.8. The van der Waals surface area contributed by atoms with Crippen LogP contribution >= 0.6 is 0 Å². The molecule has 6 nitrogen and oxygen atoms in total. The number of aromatic nitrogens is 3. The molecule has 0 aliphatic heterocycles. The number of rotatable bonds is 6. The Bertz CT molecular complexity index is 957. The van der Waals surface area contributed by atoms with Gasteiger partial charge in [0.1, 0.15) is 12.4 Å². The quantitative estimate of drug-likeness (QED) is 0.694. The van der Waals surface area contributed by atoms with E-state index in [0.717, 1.165) is 30.7 Å². The number of ether oxygens (including phenoxy) is 1. The van der Waals surface area contributed by atoms with E-state index in [1.165, 1.54) is 23.1 Å². The summed E-state index contributed by atoms with van der Waals surface area (Å²) >= 11 is 0. The van der Waals surface area contributed by atoms with Crippen molar-refractivity contribution in [2.45, 2.75) is 39.2 Å². The molecule has 1 aliphatic rings. The number of nitrogens with zero attached hydrogens (tertiary/aromatic N) is 3. The molecule has 0 saturated heterocycles. The molecule has 27 heavy (non-hydrogen) atoms. The number of hydrogen-bond donors (Lipinski definition) is 2. The summed E-state index contributed by atoms with van der Waals surface area (Å²) in [5.74, 6) is 1.94. The number of aryl methyl sites for hydroxylation is 3. The van der Waals surface area contributed by atoms with Gasteiger partial charge in [-0.15, -0.1) is 0 Å². The summed E-state index contributed by atoms with van der Waals surface area (Å²) in [6.07, 6.45) is 4.42. The molecular formula is C21H23N5O. The van der Waals surface area contributed by atoms with Gasteiger partial charge in [0.05, 0.1) is 0 Å². The summed E-state index contributed by atoms with van der Waals surface area (Å²) in [7, 11) is 0. The minimum atomic E-state index is 0.175. The fraction of sp³-hybridized carbons (Fsp3) is 0.286. The molecule has 2 aromatic carbocycles. The van der Waals surface area contributed by atoms with Crippen LogP contribution in [-0.4, -0.2) is 15.0 Å². The average molecular weight is 361 g/mol. The first-order valence-corrected chi connectivity index (χ1v) is 9.31. The van der Waals surface area contributed by atoms with Gasteiger partial charge in [0.2, 0.25) is 11.9 Å². The number of fused-ring (bicyclic) bond motifs is 1. The van der Waals surface area contributed by atoms with Crippen LogP contribution in [0.3, 0.4) is 0 Å². The molecule has 1 aromatic heterocycles. The van der Waals surface area contributed by atoms with Gasteiger partial charge in [-0.05, 0) is 60.6 Å². The predicted octanol–water partition coefficient (Wildman–Crippen LogP) is 3.83. The second-order valence-corrected chi connectivity index (χ2v) is 6.64. The third kappa shape index (κ3) is 4.00. The molecule has 0 radical (unpaired) electrons. The monoisotopic (exact) mass is 361 g/mol. The van der Waals surface area contributed by atoms with Gasteiger partial charge in [0, 0.05) is 5.69 Å². The lowest BCUT2D eigenvalue weighted by Crippen LogP contribution is -2.10. The van der Waals surface area contributed by atoms with E-state index in [-0.39, 0.29) is 12.6 Å². The second kappa shape index (κ2) is 7.61. The van der Waals surface area contributed by atoms with Gasteiger partial charge in [0.25, 0.3) is 0 Å². The molecule has 3 N–H and O–H groups in total. The molecule has 0 unspecified atom stereocenters. The Morgan fingerprint density at radius 1 is 1.04 bits per heavy atom. The molecule has 4 rings (SSSR count). The SMILES string of the molecule is CCc1ccccc1Nc1nc(N)nc(COc2ccc3c(c2)CCC3)n1. The first kappa shape index (κ1) is 17.3. The molecule has 0 bridgehead atoms. The van der Waals surface area contributed by atoms with Crippen molar-refractivity contribution >= 4 is 17.6 Å². The summed E-state index contributed by atoms with van der Waals surface area (Å²) < 4.78 is 5.89. The van der Waals surface area contributed by atoms with Gasteiger partial charge in [-0.1, -0.05) is 31.2 Å². The Morgan fingerprint density at radius 2 is 1.89 bits per heavy atom. The number of benzene rings is 2. The van der Waals surface area contributed by atoms with E-state index in [4.69, 9.17) is 10.5 Å². The molecule has 3 aromatic rings. The van der Waals surface area contributed by atoms with E-state index in [0.29, 0.717) is 11.8 Å². The van der Waals surface area contributed by atoms with Gasteiger partial charge < -0.3 is 15.8 Å². The maximum absolute atomic E-state index is 5.89. The van der Waals surface area contributed by atoms with Crippen LogP contribution in [0.1, 0.15) is 35.9 Å². The zero-order chi connectivity index (χ0) is 18.6. The molecule has 0 atom stereocenters. The molecule has 1 aliphatic carbocycles. The first-order valence-electron chi connectivity index (χ1n) is 9.31. The van der Waals surface area contributed by atoms with Gasteiger partial charge >= 0.3 is 0 Å². The Balaban J connectivity index is 1.49. The van der Waals surface area contributed by atoms with Crippen molar-refractivity contribution in [3.63, 3.8) is 0 Å². The zero-order valence-corrected chi connectivity index (χ0v) is 15.4. The normalized spacial score (nSPS) is 12.6. The lowest BCUT2D eigenvalue weighted by atomic mass is 10.1. The van der Waals surface area contributed by atoms with Gasteiger partial charge in [-0.25, -0.2) is 0 Å². The van der Waals surface area contributed by atoms with Crippen molar-refractivity contribution < 1.29 is 4.74 Å². The minimum absolute atomic E-state index is 0.175. The van der Waals surface area contributed by atoms with E-state index in [1.54, 1.807) is 0 Å². The predicted molar refractivity (Wildman–Crippen MR) is 106 cm³/mol. The fourth-order valence-corrected chi connectivity index (χ4v) is 3.42. The summed E-state index contributed by atoms with van der Waals surface area (Å²) in [6.45, 7) is 2.35. The lowest BCUT2D eigenvalue weighted by Gasteiger charge is -2.11. The Labute approximate surface area is 158 Å². The number of anilines is 3. The third-order valence-corrected chi connectivity index (χ3v) is 4.78. The second-order valence-electron chi connectivity index (χ2n) is 6.64. The van der Waals surface area contributed by atoms with Gasteiger partial charge in [-0.2, -0.15) is 15.0 Å². The van der Waals surface area contributed by atoms with Crippen molar-refractivity contribution in [1.82, 2.24) is 15.0 Å². The summed E-state index contributed by atoms with van der Waals surface area (Å²) in [6, 6.07) is 14.3. The van der Waals surface area contributed by atoms with Crippen LogP contribution in [0.4, 0.5) is 17.6 Å². The van der Waals surface area contributed by atoms with Crippen LogP contribution in [0, 0.1) is 0 Å². The van der Waals surface area contributed by atoms with Crippen molar-refractivity contribution in [2.24, 2.45) is 0 Å².